The third-order valence-corrected chi connectivity index (χ3v) is 8.09. The van der Waals surface area contributed by atoms with Crippen LogP contribution in [0.1, 0.15) is 36.0 Å². The lowest BCUT2D eigenvalue weighted by molar-refractivity contribution is -0.117. The second kappa shape index (κ2) is 11.0. The highest BCUT2D eigenvalue weighted by Gasteiger charge is 2.47. The molecule has 0 saturated heterocycles. The molecule has 0 spiro atoms. The summed E-state index contributed by atoms with van der Waals surface area (Å²) >= 11 is 7.42. The maximum Gasteiger partial charge on any atom is 0.296 e. The first-order chi connectivity index (χ1) is 20.3. The normalized spacial score (nSPS) is 15.2. The van der Waals surface area contributed by atoms with Crippen LogP contribution in [0.15, 0.2) is 76.4 Å². The average Bonchev–Trinajstić information content (AvgIpc) is 3.67. The number of benzene rings is 3. The molecule has 11 heteroatoms. The number of aromatic nitrogens is 1. The summed E-state index contributed by atoms with van der Waals surface area (Å²) < 4.78 is 23.6. The number of halogens is 1. The number of fused-ring (bicyclic) bond motifs is 2. The predicted octanol–water partition coefficient (Wildman–Crippen LogP) is 7.28. The fraction of sp³-hybridized carbons (Fsp3) is 0.194. The van der Waals surface area contributed by atoms with E-state index < -0.39 is 23.5 Å². The minimum atomic E-state index is -1.05. The molecule has 0 saturated carbocycles. The number of methoxy groups -OCH3 is 1. The van der Waals surface area contributed by atoms with E-state index in [4.69, 9.17) is 30.2 Å². The molecule has 0 radical (unpaired) electrons. The van der Waals surface area contributed by atoms with E-state index in [1.807, 2.05) is 13.8 Å². The number of aliphatic hydroxyl groups is 1. The van der Waals surface area contributed by atoms with Crippen LogP contribution in [0.2, 0.25) is 5.02 Å². The van der Waals surface area contributed by atoms with Crippen molar-refractivity contribution in [3.8, 4) is 17.2 Å². The summed E-state index contributed by atoms with van der Waals surface area (Å²) in [6.45, 7) is 4.49. The number of carbonyl (C=O) groups is 2. The van der Waals surface area contributed by atoms with Gasteiger partial charge in [0.1, 0.15) is 0 Å². The van der Waals surface area contributed by atoms with E-state index in [1.54, 1.807) is 60.7 Å². The number of furan rings is 1. The number of thiazole rings is 1. The third-order valence-electron chi connectivity index (χ3n) is 6.83. The lowest BCUT2D eigenvalue weighted by Crippen LogP contribution is -2.31. The van der Waals surface area contributed by atoms with Gasteiger partial charge >= 0.3 is 0 Å². The molecule has 6 rings (SSSR count). The molecule has 1 unspecified atom stereocenters. The minimum absolute atomic E-state index is 0.0530. The number of rotatable bonds is 9. The third kappa shape index (κ3) is 4.62. The quantitative estimate of drug-likeness (QED) is 0.175. The highest BCUT2D eigenvalue weighted by atomic mass is 35.5. The van der Waals surface area contributed by atoms with Gasteiger partial charge in [-0.3, -0.25) is 14.5 Å². The fourth-order valence-corrected chi connectivity index (χ4v) is 6.29. The molecule has 9 nitrogen and oxygen atoms in total. The summed E-state index contributed by atoms with van der Waals surface area (Å²) in [6, 6.07) is 16.1. The van der Waals surface area contributed by atoms with Gasteiger partial charge in [0.15, 0.2) is 39.5 Å². The lowest BCUT2D eigenvalue weighted by Gasteiger charge is -2.25. The van der Waals surface area contributed by atoms with Crippen LogP contribution in [0.3, 0.4) is 0 Å². The van der Waals surface area contributed by atoms with Gasteiger partial charge in [0.05, 0.1) is 42.2 Å². The Morgan fingerprint density at radius 2 is 1.83 bits per heavy atom. The molecule has 214 valence electrons. The van der Waals surface area contributed by atoms with Gasteiger partial charge in [0.25, 0.3) is 5.91 Å². The van der Waals surface area contributed by atoms with Crippen LogP contribution in [0.4, 0.5) is 5.13 Å². The van der Waals surface area contributed by atoms with Crippen molar-refractivity contribution in [3.05, 3.63) is 88.3 Å². The second-order valence-corrected chi connectivity index (χ2v) is 10.8. The number of carbonyl (C=O) groups excluding carboxylic acids is 2. The molecule has 0 fully saturated rings. The molecular weight excluding hydrogens is 580 g/mol. The molecule has 3 aromatic carbocycles. The first kappa shape index (κ1) is 27.6. The summed E-state index contributed by atoms with van der Waals surface area (Å²) in [6.07, 6.45) is 0. The van der Waals surface area contributed by atoms with E-state index in [1.165, 1.54) is 23.3 Å². The Bertz CT molecular complexity index is 1890. The summed E-state index contributed by atoms with van der Waals surface area (Å²) in [4.78, 5) is 33.8. The largest absolute Gasteiger partial charge is 0.503 e. The molecule has 5 aromatic rings. The summed E-state index contributed by atoms with van der Waals surface area (Å²) in [5.41, 5.74) is 1.36. The van der Waals surface area contributed by atoms with Crippen LogP contribution in [0, 0.1) is 0 Å². The standard InChI is InChI=1S/C31H25ClN2O7S/c1-4-39-20-12-9-16(13-22(20)40-5-2)26-25(27(35)23-14-17-7-6-8-21(38-3)29(17)41-23)28(36)30(37)34(26)31-33-19-11-10-18(32)15-24(19)42-31/h6-15,26,36H,4-5H2,1-3H3. The Kier molecular flexibility index (Phi) is 7.26. The van der Waals surface area contributed by atoms with Gasteiger partial charge in [-0.2, -0.15) is 0 Å². The summed E-state index contributed by atoms with van der Waals surface area (Å²) in [7, 11) is 1.50. The molecule has 0 bridgehead atoms. The van der Waals surface area contributed by atoms with Crippen molar-refractivity contribution < 1.29 is 33.3 Å². The van der Waals surface area contributed by atoms with Crippen LogP contribution in [0.5, 0.6) is 17.2 Å². The number of amides is 1. The molecule has 3 heterocycles. The predicted molar refractivity (Wildman–Crippen MR) is 160 cm³/mol. The Hall–Kier alpha value is -4.54. The molecule has 1 atom stereocenters. The summed E-state index contributed by atoms with van der Waals surface area (Å²) in [5.74, 6) is -0.765. The second-order valence-electron chi connectivity index (χ2n) is 9.34. The first-order valence-electron chi connectivity index (χ1n) is 13.2. The maximum absolute atomic E-state index is 14.1. The number of hydrogen-bond donors (Lipinski definition) is 1. The molecule has 1 amide bonds. The molecule has 2 aromatic heterocycles. The summed E-state index contributed by atoms with van der Waals surface area (Å²) in [5, 5.41) is 12.7. The number of aliphatic hydroxyl groups excluding tert-OH is 1. The number of Topliss-reactive ketones (excluding diaryl/α,β-unsaturated/α-hetero) is 1. The molecular formula is C31H25ClN2O7S. The van der Waals surface area contributed by atoms with Gasteiger partial charge in [0.2, 0.25) is 5.78 Å². The Balaban J connectivity index is 1.52. The maximum atomic E-state index is 14.1. The minimum Gasteiger partial charge on any atom is -0.503 e. The number of hydrogen-bond acceptors (Lipinski definition) is 9. The monoisotopic (exact) mass is 604 g/mol. The van der Waals surface area contributed by atoms with Gasteiger partial charge in [-0.05, 0) is 61.9 Å². The van der Waals surface area contributed by atoms with Gasteiger partial charge in [-0.25, -0.2) is 4.98 Å². The van der Waals surface area contributed by atoms with E-state index in [9.17, 15) is 14.7 Å². The fourth-order valence-electron chi connectivity index (χ4n) is 5.02. The molecule has 1 N–H and O–H groups in total. The van der Waals surface area contributed by atoms with Crippen molar-refractivity contribution in [1.29, 1.82) is 0 Å². The van der Waals surface area contributed by atoms with Gasteiger partial charge < -0.3 is 23.7 Å². The van der Waals surface area contributed by atoms with Crippen molar-refractivity contribution >= 4 is 60.9 Å². The van der Waals surface area contributed by atoms with Gasteiger partial charge in [-0.15, -0.1) is 0 Å². The zero-order valence-electron chi connectivity index (χ0n) is 22.8. The van der Waals surface area contributed by atoms with E-state index in [-0.39, 0.29) is 16.5 Å². The topological polar surface area (TPSA) is 111 Å². The molecule has 1 aliphatic heterocycles. The average molecular weight is 605 g/mol. The van der Waals surface area contributed by atoms with Crippen molar-refractivity contribution in [3.63, 3.8) is 0 Å². The number of anilines is 1. The van der Waals surface area contributed by atoms with Gasteiger partial charge in [-0.1, -0.05) is 41.1 Å². The van der Waals surface area contributed by atoms with Crippen molar-refractivity contribution in [2.45, 2.75) is 19.9 Å². The van der Waals surface area contributed by atoms with E-state index >= 15 is 0 Å². The van der Waals surface area contributed by atoms with E-state index in [0.29, 0.717) is 57.5 Å². The van der Waals surface area contributed by atoms with Crippen LogP contribution < -0.4 is 19.1 Å². The zero-order chi connectivity index (χ0) is 29.5. The van der Waals surface area contributed by atoms with Crippen LogP contribution in [-0.2, 0) is 4.79 Å². The van der Waals surface area contributed by atoms with Crippen molar-refractivity contribution in [2.24, 2.45) is 0 Å². The number of ether oxygens (including phenoxy) is 3. The molecule has 1 aliphatic rings. The highest BCUT2D eigenvalue weighted by Crippen LogP contribution is 2.46. The van der Waals surface area contributed by atoms with Crippen LogP contribution in [0.25, 0.3) is 21.2 Å². The van der Waals surface area contributed by atoms with Crippen molar-refractivity contribution in [1.82, 2.24) is 4.98 Å². The Morgan fingerprint density at radius 3 is 2.60 bits per heavy atom. The molecule has 0 aliphatic carbocycles. The Labute approximate surface area is 249 Å². The molecule has 42 heavy (non-hydrogen) atoms. The van der Waals surface area contributed by atoms with E-state index in [2.05, 4.69) is 4.98 Å². The van der Waals surface area contributed by atoms with Crippen LogP contribution in [-0.4, -0.2) is 42.1 Å². The lowest BCUT2D eigenvalue weighted by atomic mass is 9.95. The SMILES string of the molecule is CCOc1ccc(C2C(C(=O)c3cc4cccc(OC)c4o3)=C(O)C(=O)N2c2nc3ccc(Cl)cc3s2)cc1OCC. The van der Waals surface area contributed by atoms with Gasteiger partial charge in [0, 0.05) is 10.4 Å². The van der Waals surface area contributed by atoms with Crippen LogP contribution >= 0.6 is 22.9 Å². The Morgan fingerprint density at radius 1 is 1.05 bits per heavy atom. The smallest absolute Gasteiger partial charge is 0.296 e. The number of nitrogens with zero attached hydrogens (tertiary/aromatic N) is 2. The van der Waals surface area contributed by atoms with Crippen molar-refractivity contribution in [2.75, 3.05) is 25.2 Å². The number of para-hydroxylation sites is 1. The number of ketones is 1. The first-order valence-corrected chi connectivity index (χ1v) is 14.4. The zero-order valence-corrected chi connectivity index (χ0v) is 24.4. The van der Waals surface area contributed by atoms with E-state index in [0.717, 1.165) is 4.70 Å². The highest BCUT2D eigenvalue weighted by molar-refractivity contribution is 7.22.